The third kappa shape index (κ3) is 5.29. The summed E-state index contributed by atoms with van der Waals surface area (Å²) in [6.45, 7) is 6.17. The summed E-state index contributed by atoms with van der Waals surface area (Å²) in [6, 6.07) is 14.3. The number of hydrogen-bond acceptors (Lipinski definition) is 5. The van der Waals surface area contributed by atoms with Crippen molar-refractivity contribution < 1.29 is 4.74 Å². The lowest BCUT2D eigenvalue weighted by Gasteiger charge is -2.14. The summed E-state index contributed by atoms with van der Waals surface area (Å²) in [6.07, 6.45) is 2.14. The van der Waals surface area contributed by atoms with E-state index < -0.39 is 0 Å². The fourth-order valence-electron chi connectivity index (χ4n) is 2.72. The largest absolute Gasteiger partial charge is 0.489 e. The lowest BCUT2D eigenvalue weighted by Crippen LogP contribution is -2.10. The standard InChI is InChI=1S/C20H24BrN5O/c1-3-4-11-26-20(23-24-25-26)22-13-17-12-18(21)9-10-19(17)27-14-16-8-6-5-7-15(16)2/h5-10,12H,3-4,11,13-14H2,1-2H3,(H,22,23,25). The molecule has 2 aromatic carbocycles. The van der Waals surface area contributed by atoms with Gasteiger partial charge in [-0.05, 0) is 53.1 Å². The maximum absolute atomic E-state index is 6.10. The molecule has 3 rings (SSSR count). The third-order valence-corrected chi connectivity index (χ3v) is 4.85. The Morgan fingerprint density at radius 2 is 2.00 bits per heavy atom. The van der Waals surface area contributed by atoms with Crippen LogP contribution in [0.3, 0.4) is 0 Å². The van der Waals surface area contributed by atoms with Crippen LogP contribution in [0, 0.1) is 6.92 Å². The number of ether oxygens (including phenoxy) is 1. The Balaban J connectivity index is 1.69. The van der Waals surface area contributed by atoms with E-state index in [9.17, 15) is 0 Å². The topological polar surface area (TPSA) is 64.9 Å². The van der Waals surface area contributed by atoms with E-state index in [2.05, 4.69) is 68.8 Å². The van der Waals surface area contributed by atoms with Gasteiger partial charge in [0.25, 0.3) is 0 Å². The maximum atomic E-state index is 6.10. The summed E-state index contributed by atoms with van der Waals surface area (Å²) in [5.74, 6) is 1.52. The smallest absolute Gasteiger partial charge is 0.243 e. The lowest BCUT2D eigenvalue weighted by molar-refractivity contribution is 0.302. The quantitative estimate of drug-likeness (QED) is 0.532. The van der Waals surface area contributed by atoms with Gasteiger partial charge >= 0.3 is 0 Å². The normalized spacial score (nSPS) is 10.8. The fourth-order valence-corrected chi connectivity index (χ4v) is 3.13. The number of rotatable bonds is 9. The predicted molar refractivity (Wildman–Crippen MR) is 110 cm³/mol. The molecule has 0 saturated heterocycles. The van der Waals surface area contributed by atoms with Crippen molar-refractivity contribution in [1.29, 1.82) is 0 Å². The van der Waals surface area contributed by atoms with E-state index in [1.807, 2.05) is 24.3 Å². The Hall–Kier alpha value is -2.41. The molecule has 1 N–H and O–H groups in total. The van der Waals surface area contributed by atoms with Crippen LogP contribution in [-0.2, 0) is 19.7 Å². The molecule has 0 fully saturated rings. The van der Waals surface area contributed by atoms with Crippen molar-refractivity contribution in [3.8, 4) is 5.75 Å². The van der Waals surface area contributed by atoms with Gasteiger partial charge < -0.3 is 10.1 Å². The molecule has 7 heteroatoms. The Labute approximate surface area is 168 Å². The highest BCUT2D eigenvalue weighted by molar-refractivity contribution is 9.10. The average molecular weight is 430 g/mol. The molecule has 0 bridgehead atoms. The van der Waals surface area contributed by atoms with Crippen LogP contribution in [0.15, 0.2) is 46.9 Å². The zero-order valence-electron chi connectivity index (χ0n) is 15.7. The van der Waals surface area contributed by atoms with Gasteiger partial charge in [0.05, 0.1) is 0 Å². The number of benzene rings is 2. The molecule has 0 aliphatic heterocycles. The molecule has 6 nitrogen and oxygen atoms in total. The summed E-state index contributed by atoms with van der Waals surface area (Å²) in [7, 11) is 0. The van der Waals surface area contributed by atoms with Crippen molar-refractivity contribution in [1.82, 2.24) is 20.2 Å². The van der Waals surface area contributed by atoms with E-state index in [0.717, 1.165) is 35.2 Å². The van der Waals surface area contributed by atoms with Gasteiger partial charge in [-0.25, -0.2) is 4.68 Å². The number of halogens is 1. The molecular formula is C20H24BrN5O. The molecule has 142 valence electrons. The molecular weight excluding hydrogens is 406 g/mol. The van der Waals surface area contributed by atoms with Gasteiger partial charge in [-0.15, -0.1) is 0 Å². The van der Waals surface area contributed by atoms with Crippen LogP contribution in [0.1, 0.15) is 36.5 Å². The molecule has 1 aromatic heterocycles. The van der Waals surface area contributed by atoms with Crippen molar-refractivity contribution in [2.75, 3.05) is 5.32 Å². The van der Waals surface area contributed by atoms with Gasteiger partial charge in [0.1, 0.15) is 12.4 Å². The Kier molecular flexibility index (Phi) is 6.81. The van der Waals surface area contributed by atoms with Gasteiger partial charge in [-0.3, -0.25) is 0 Å². The number of aryl methyl sites for hydroxylation is 2. The lowest BCUT2D eigenvalue weighted by atomic mass is 10.1. The minimum atomic E-state index is 0.537. The van der Waals surface area contributed by atoms with Crippen LogP contribution in [0.25, 0.3) is 0 Å². The molecule has 27 heavy (non-hydrogen) atoms. The molecule has 3 aromatic rings. The number of hydrogen-bond donors (Lipinski definition) is 1. The van der Waals surface area contributed by atoms with Crippen molar-refractivity contribution in [2.24, 2.45) is 0 Å². The molecule has 0 amide bonds. The van der Waals surface area contributed by atoms with Crippen LogP contribution in [0.2, 0.25) is 0 Å². The first-order chi connectivity index (χ1) is 13.2. The van der Waals surface area contributed by atoms with Gasteiger partial charge in [0, 0.05) is 23.1 Å². The summed E-state index contributed by atoms with van der Waals surface area (Å²) < 4.78 is 8.91. The SMILES string of the molecule is CCCCn1nnnc1NCc1cc(Br)ccc1OCc1ccccc1C. The molecule has 0 aliphatic carbocycles. The molecule has 0 unspecified atom stereocenters. The number of nitrogens with one attached hydrogen (secondary N) is 1. The van der Waals surface area contributed by atoms with Crippen LogP contribution < -0.4 is 10.1 Å². The van der Waals surface area contributed by atoms with Crippen LogP contribution in [0.5, 0.6) is 5.75 Å². The highest BCUT2D eigenvalue weighted by atomic mass is 79.9. The first-order valence-corrected chi connectivity index (χ1v) is 9.92. The zero-order valence-corrected chi connectivity index (χ0v) is 17.2. The average Bonchev–Trinajstić information content (AvgIpc) is 3.12. The molecule has 0 atom stereocenters. The second-order valence-electron chi connectivity index (χ2n) is 6.40. The minimum absolute atomic E-state index is 0.537. The van der Waals surface area contributed by atoms with Crippen molar-refractivity contribution in [3.63, 3.8) is 0 Å². The second kappa shape index (κ2) is 9.50. The summed E-state index contributed by atoms with van der Waals surface area (Å²) >= 11 is 3.54. The zero-order chi connectivity index (χ0) is 19.1. The van der Waals surface area contributed by atoms with Crippen molar-refractivity contribution in [2.45, 2.75) is 46.4 Å². The highest BCUT2D eigenvalue weighted by Crippen LogP contribution is 2.25. The molecule has 0 spiro atoms. The molecule has 0 radical (unpaired) electrons. The number of anilines is 1. The van der Waals surface area contributed by atoms with E-state index in [0.29, 0.717) is 19.1 Å². The highest BCUT2D eigenvalue weighted by Gasteiger charge is 2.09. The van der Waals surface area contributed by atoms with Crippen LogP contribution >= 0.6 is 15.9 Å². The minimum Gasteiger partial charge on any atom is -0.489 e. The Morgan fingerprint density at radius 1 is 1.15 bits per heavy atom. The van der Waals surface area contributed by atoms with Gasteiger partial charge in [0.2, 0.25) is 5.95 Å². The summed E-state index contributed by atoms with van der Waals surface area (Å²) in [5.41, 5.74) is 3.45. The number of nitrogens with zero attached hydrogens (tertiary/aromatic N) is 4. The molecule has 1 heterocycles. The van der Waals surface area contributed by atoms with E-state index in [1.165, 1.54) is 11.1 Å². The van der Waals surface area contributed by atoms with Crippen LogP contribution in [0.4, 0.5) is 5.95 Å². The molecule has 0 aliphatic rings. The number of unbranched alkanes of at least 4 members (excludes halogenated alkanes) is 1. The van der Waals surface area contributed by atoms with Gasteiger partial charge in [-0.2, -0.15) is 0 Å². The molecule has 0 saturated carbocycles. The van der Waals surface area contributed by atoms with E-state index in [4.69, 9.17) is 4.74 Å². The van der Waals surface area contributed by atoms with E-state index in [-0.39, 0.29) is 0 Å². The van der Waals surface area contributed by atoms with E-state index >= 15 is 0 Å². The maximum Gasteiger partial charge on any atom is 0.243 e. The van der Waals surface area contributed by atoms with E-state index in [1.54, 1.807) is 4.68 Å². The first kappa shape index (κ1) is 19.4. The third-order valence-electron chi connectivity index (χ3n) is 4.36. The number of aromatic nitrogens is 4. The summed E-state index contributed by atoms with van der Waals surface area (Å²) in [4.78, 5) is 0. The fraction of sp³-hybridized carbons (Fsp3) is 0.350. The number of tetrazole rings is 1. The van der Waals surface area contributed by atoms with Gasteiger partial charge in [-0.1, -0.05) is 58.6 Å². The van der Waals surface area contributed by atoms with Crippen molar-refractivity contribution in [3.05, 3.63) is 63.6 Å². The second-order valence-corrected chi connectivity index (χ2v) is 7.32. The monoisotopic (exact) mass is 429 g/mol. The Bertz CT molecular complexity index is 880. The first-order valence-electron chi connectivity index (χ1n) is 9.13. The van der Waals surface area contributed by atoms with Gasteiger partial charge in [0.15, 0.2) is 0 Å². The predicted octanol–water partition coefficient (Wildman–Crippen LogP) is 4.74. The van der Waals surface area contributed by atoms with Crippen LogP contribution in [-0.4, -0.2) is 20.2 Å². The van der Waals surface area contributed by atoms with Crippen molar-refractivity contribution >= 4 is 21.9 Å². The summed E-state index contributed by atoms with van der Waals surface area (Å²) in [5, 5.41) is 15.2. The Morgan fingerprint density at radius 3 is 2.81 bits per heavy atom.